The minimum absolute atomic E-state index is 0.0630. The molecule has 0 unspecified atom stereocenters. The second-order valence-corrected chi connectivity index (χ2v) is 5.38. The third-order valence-electron chi connectivity index (χ3n) is 3.17. The zero-order chi connectivity index (χ0) is 13.9. The van der Waals surface area contributed by atoms with E-state index in [0.717, 1.165) is 18.8 Å². The van der Waals surface area contributed by atoms with Crippen LogP contribution >= 0.6 is 0 Å². The van der Waals surface area contributed by atoms with Crippen molar-refractivity contribution < 1.29 is 9.84 Å². The molecule has 6 nitrogen and oxygen atoms in total. The van der Waals surface area contributed by atoms with Crippen LogP contribution in [-0.4, -0.2) is 46.8 Å². The van der Waals surface area contributed by atoms with Crippen LogP contribution in [0, 0.1) is 0 Å². The van der Waals surface area contributed by atoms with Crippen LogP contribution in [0.4, 0.5) is 5.69 Å². The number of rotatable bonds is 4. The van der Waals surface area contributed by atoms with Gasteiger partial charge in [0.05, 0.1) is 24.1 Å². The summed E-state index contributed by atoms with van der Waals surface area (Å²) in [6.07, 6.45) is 2.25. The Morgan fingerprint density at radius 2 is 2.32 bits per heavy atom. The largest absolute Gasteiger partial charge is 0.396 e. The number of aromatic nitrogens is 2. The fourth-order valence-corrected chi connectivity index (χ4v) is 2.22. The van der Waals surface area contributed by atoms with Crippen molar-refractivity contribution in [3.63, 3.8) is 0 Å². The number of aryl methyl sites for hydroxylation is 1. The fraction of sp³-hybridized carbons (Fsp3) is 0.692. The number of nitrogens with zero attached hydrogens (tertiary/aromatic N) is 3. The summed E-state index contributed by atoms with van der Waals surface area (Å²) in [5.74, 6) is 0. The van der Waals surface area contributed by atoms with Gasteiger partial charge < -0.3 is 14.7 Å². The van der Waals surface area contributed by atoms with Crippen LogP contribution in [-0.2, 0) is 11.3 Å². The SMILES string of the molecule is CC1(C)CN(c2cnn(CCCO)c(=O)c2)CCO1. The highest BCUT2D eigenvalue weighted by molar-refractivity contribution is 5.43. The third kappa shape index (κ3) is 3.54. The van der Waals surface area contributed by atoms with E-state index in [9.17, 15) is 4.79 Å². The molecule has 106 valence electrons. The Balaban J connectivity index is 2.13. The number of aliphatic hydroxyl groups excluding tert-OH is 1. The summed E-state index contributed by atoms with van der Waals surface area (Å²) in [6, 6.07) is 1.60. The molecule has 1 aromatic rings. The molecular formula is C13H21N3O3. The number of morpholine rings is 1. The van der Waals surface area contributed by atoms with Crippen LogP contribution in [0.15, 0.2) is 17.1 Å². The average Bonchev–Trinajstić information content (AvgIpc) is 2.36. The lowest BCUT2D eigenvalue weighted by Crippen LogP contribution is -2.48. The maximum absolute atomic E-state index is 11.9. The molecule has 0 aromatic carbocycles. The van der Waals surface area contributed by atoms with Gasteiger partial charge in [-0.05, 0) is 20.3 Å². The monoisotopic (exact) mass is 267 g/mol. The number of aliphatic hydroxyl groups is 1. The molecule has 2 heterocycles. The fourth-order valence-electron chi connectivity index (χ4n) is 2.22. The Morgan fingerprint density at radius 3 is 2.95 bits per heavy atom. The Kier molecular flexibility index (Phi) is 4.21. The highest BCUT2D eigenvalue weighted by atomic mass is 16.5. The van der Waals surface area contributed by atoms with E-state index < -0.39 is 0 Å². The van der Waals surface area contributed by atoms with Crippen LogP contribution in [0.2, 0.25) is 0 Å². The first-order valence-electron chi connectivity index (χ1n) is 6.59. The van der Waals surface area contributed by atoms with Crippen LogP contribution < -0.4 is 10.5 Å². The third-order valence-corrected chi connectivity index (χ3v) is 3.17. The van der Waals surface area contributed by atoms with Crippen LogP contribution in [0.1, 0.15) is 20.3 Å². The molecule has 0 spiro atoms. The van der Waals surface area contributed by atoms with Gasteiger partial charge in [-0.1, -0.05) is 0 Å². The van der Waals surface area contributed by atoms with E-state index in [1.807, 2.05) is 13.8 Å². The summed E-state index contributed by atoms with van der Waals surface area (Å²) in [6.45, 7) is 6.75. The predicted octanol–water partition coefficient (Wildman–Crippen LogP) is 0.241. The van der Waals surface area contributed by atoms with E-state index in [2.05, 4.69) is 10.00 Å². The second kappa shape index (κ2) is 5.71. The van der Waals surface area contributed by atoms with Crippen molar-refractivity contribution >= 4 is 5.69 Å². The van der Waals surface area contributed by atoms with Gasteiger partial charge in [-0.3, -0.25) is 4.79 Å². The molecule has 1 aliphatic heterocycles. The van der Waals surface area contributed by atoms with Crippen molar-refractivity contribution in [1.29, 1.82) is 0 Å². The van der Waals surface area contributed by atoms with E-state index in [0.29, 0.717) is 19.6 Å². The van der Waals surface area contributed by atoms with Gasteiger partial charge in [-0.15, -0.1) is 0 Å². The van der Waals surface area contributed by atoms with Crippen molar-refractivity contribution in [2.24, 2.45) is 0 Å². The van der Waals surface area contributed by atoms with Crippen molar-refractivity contribution in [1.82, 2.24) is 9.78 Å². The van der Waals surface area contributed by atoms with Gasteiger partial charge >= 0.3 is 0 Å². The lowest BCUT2D eigenvalue weighted by atomic mass is 10.1. The number of hydrogen-bond acceptors (Lipinski definition) is 5. The molecule has 0 radical (unpaired) electrons. The quantitative estimate of drug-likeness (QED) is 0.846. The Hall–Kier alpha value is -1.40. The minimum atomic E-state index is -0.204. The lowest BCUT2D eigenvalue weighted by molar-refractivity contribution is -0.0277. The van der Waals surface area contributed by atoms with Crippen LogP contribution in [0.5, 0.6) is 0 Å². The summed E-state index contributed by atoms with van der Waals surface area (Å²) in [4.78, 5) is 14.0. The van der Waals surface area contributed by atoms with E-state index in [1.54, 1.807) is 12.3 Å². The molecule has 2 rings (SSSR count). The molecule has 1 saturated heterocycles. The molecule has 19 heavy (non-hydrogen) atoms. The molecule has 0 aliphatic carbocycles. The molecular weight excluding hydrogens is 246 g/mol. The second-order valence-electron chi connectivity index (χ2n) is 5.38. The predicted molar refractivity (Wildman–Crippen MR) is 72.4 cm³/mol. The smallest absolute Gasteiger partial charge is 0.268 e. The summed E-state index contributed by atoms with van der Waals surface area (Å²) in [7, 11) is 0. The first-order chi connectivity index (χ1) is 9.02. The van der Waals surface area contributed by atoms with Crippen molar-refractivity contribution in [3.05, 3.63) is 22.6 Å². The van der Waals surface area contributed by atoms with E-state index in [4.69, 9.17) is 9.84 Å². The first-order valence-corrected chi connectivity index (χ1v) is 6.59. The molecule has 0 saturated carbocycles. The van der Waals surface area contributed by atoms with Crippen LogP contribution in [0.25, 0.3) is 0 Å². The molecule has 0 bridgehead atoms. The van der Waals surface area contributed by atoms with Gasteiger partial charge in [0, 0.05) is 32.3 Å². The maximum Gasteiger partial charge on any atom is 0.268 e. The van der Waals surface area contributed by atoms with Gasteiger partial charge in [0.15, 0.2) is 0 Å². The standard InChI is InChI=1S/C13H21N3O3/c1-13(2)10-15(5-7-19-13)11-8-12(18)16(14-9-11)4-3-6-17/h8-9,17H,3-7,10H2,1-2H3. The minimum Gasteiger partial charge on any atom is -0.396 e. The van der Waals surface area contributed by atoms with E-state index in [1.165, 1.54) is 4.68 Å². The Morgan fingerprint density at radius 1 is 1.53 bits per heavy atom. The van der Waals surface area contributed by atoms with Gasteiger partial charge in [-0.25, -0.2) is 4.68 Å². The molecule has 1 fully saturated rings. The molecule has 1 aromatic heterocycles. The van der Waals surface area contributed by atoms with Crippen molar-refractivity contribution in [2.75, 3.05) is 31.2 Å². The molecule has 6 heteroatoms. The van der Waals surface area contributed by atoms with Crippen molar-refractivity contribution in [3.8, 4) is 0 Å². The summed E-state index contributed by atoms with van der Waals surface area (Å²) >= 11 is 0. The maximum atomic E-state index is 11.9. The van der Waals surface area contributed by atoms with Crippen molar-refractivity contribution in [2.45, 2.75) is 32.4 Å². The van der Waals surface area contributed by atoms with Gasteiger partial charge in [0.25, 0.3) is 5.56 Å². The summed E-state index contributed by atoms with van der Waals surface area (Å²) in [5.41, 5.74) is 0.501. The van der Waals surface area contributed by atoms with E-state index >= 15 is 0 Å². The Bertz CT molecular complexity index is 484. The molecule has 0 amide bonds. The van der Waals surface area contributed by atoms with E-state index in [-0.39, 0.29) is 17.8 Å². The number of anilines is 1. The van der Waals surface area contributed by atoms with Gasteiger partial charge in [-0.2, -0.15) is 5.10 Å². The Labute approximate surface area is 112 Å². The van der Waals surface area contributed by atoms with Gasteiger partial charge in [0.1, 0.15) is 0 Å². The molecule has 0 atom stereocenters. The zero-order valence-corrected chi connectivity index (χ0v) is 11.5. The van der Waals surface area contributed by atoms with Crippen LogP contribution in [0.3, 0.4) is 0 Å². The summed E-state index contributed by atoms with van der Waals surface area (Å²) < 4.78 is 7.03. The average molecular weight is 267 g/mol. The molecule has 1 N–H and O–H groups in total. The summed E-state index contributed by atoms with van der Waals surface area (Å²) in [5, 5.41) is 12.9. The normalized spacial score (nSPS) is 18.6. The zero-order valence-electron chi connectivity index (χ0n) is 11.5. The number of hydrogen-bond donors (Lipinski definition) is 1. The lowest BCUT2D eigenvalue weighted by Gasteiger charge is -2.39. The molecule has 1 aliphatic rings. The first kappa shape index (κ1) is 14.0. The highest BCUT2D eigenvalue weighted by Gasteiger charge is 2.27. The highest BCUT2D eigenvalue weighted by Crippen LogP contribution is 2.21. The number of ether oxygens (including phenoxy) is 1. The van der Waals surface area contributed by atoms with Gasteiger partial charge in [0.2, 0.25) is 0 Å². The topological polar surface area (TPSA) is 67.6 Å².